The molecule has 0 amide bonds. The molecule has 1 spiro atoms. The Bertz CT molecular complexity index is 126. The van der Waals surface area contributed by atoms with Crippen molar-refractivity contribution in [2.75, 3.05) is 6.54 Å². The SMILES string of the molecule is C1CCCC2(CCC1)CCCN2. The Morgan fingerprint density at radius 1 is 0.667 bits per heavy atom. The fraction of sp³-hybridized carbons (Fsp3) is 1.00. The van der Waals surface area contributed by atoms with Crippen molar-refractivity contribution in [2.24, 2.45) is 0 Å². The van der Waals surface area contributed by atoms with E-state index < -0.39 is 0 Å². The summed E-state index contributed by atoms with van der Waals surface area (Å²) in [5.74, 6) is 0. The largest absolute Gasteiger partial charge is 0.311 e. The third kappa shape index (κ3) is 1.82. The average Bonchev–Trinajstić information content (AvgIpc) is 2.47. The Hall–Kier alpha value is -0.0400. The fourth-order valence-electron chi connectivity index (χ4n) is 2.88. The average molecular weight is 167 g/mol. The Kier molecular flexibility index (Phi) is 2.69. The molecule has 1 saturated carbocycles. The van der Waals surface area contributed by atoms with Crippen molar-refractivity contribution in [3.05, 3.63) is 0 Å². The molecule has 0 unspecified atom stereocenters. The van der Waals surface area contributed by atoms with E-state index in [-0.39, 0.29) is 0 Å². The van der Waals surface area contributed by atoms with Crippen LogP contribution in [0.15, 0.2) is 0 Å². The molecular formula is C11H21N. The van der Waals surface area contributed by atoms with E-state index in [0.29, 0.717) is 5.54 Å². The quantitative estimate of drug-likeness (QED) is 0.585. The van der Waals surface area contributed by atoms with Crippen LogP contribution < -0.4 is 5.32 Å². The maximum Gasteiger partial charge on any atom is 0.0182 e. The smallest absolute Gasteiger partial charge is 0.0182 e. The zero-order chi connectivity index (χ0) is 8.28. The van der Waals surface area contributed by atoms with Gasteiger partial charge in [-0.05, 0) is 32.2 Å². The predicted octanol–water partition coefficient (Wildman–Crippen LogP) is 2.85. The van der Waals surface area contributed by atoms with Gasteiger partial charge in [-0.25, -0.2) is 0 Å². The summed E-state index contributed by atoms with van der Waals surface area (Å²) < 4.78 is 0. The lowest BCUT2D eigenvalue weighted by molar-refractivity contribution is 0.283. The first-order valence-electron chi connectivity index (χ1n) is 5.66. The summed E-state index contributed by atoms with van der Waals surface area (Å²) in [5, 5.41) is 3.74. The highest BCUT2D eigenvalue weighted by Gasteiger charge is 2.32. The third-order valence-corrected chi connectivity index (χ3v) is 3.64. The van der Waals surface area contributed by atoms with Gasteiger partial charge in [-0.15, -0.1) is 0 Å². The Labute approximate surface area is 75.9 Å². The standard InChI is InChI=1S/C11H21N/c1-2-4-7-11(8-5-3-1)9-6-10-12-11/h12H,1-10H2. The molecule has 2 aliphatic rings. The van der Waals surface area contributed by atoms with Gasteiger partial charge >= 0.3 is 0 Å². The summed E-state index contributed by atoms with van der Waals surface area (Å²) >= 11 is 0. The second-order valence-electron chi connectivity index (χ2n) is 4.58. The van der Waals surface area contributed by atoms with Gasteiger partial charge in [0, 0.05) is 5.54 Å². The minimum absolute atomic E-state index is 0.598. The first-order chi connectivity index (χ1) is 5.91. The minimum Gasteiger partial charge on any atom is -0.311 e. The zero-order valence-electron chi connectivity index (χ0n) is 8.07. The highest BCUT2D eigenvalue weighted by Crippen LogP contribution is 2.32. The lowest BCUT2D eigenvalue weighted by atomic mass is 9.83. The molecule has 0 radical (unpaired) electrons. The van der Waals surface area contributed by atoms with E-state index in [1.165, 1.54) is 64.3 Å². The lowest BCUT2D eigenvalue weighted by Gasteiger charge is -2.31. The van der Waals surface area contributed by atoms with Crippen molar-refractivity contribution in [3.63, 3.8) is 0 Å². The van der Waals surface area contributed by atoms with Gasteiger partial charge in [0.15, 0.2) is 0 Å². The summed E-state index contributed by atoms with van der Waals surface area (Å²) in [5.41, 5.74) is 0.598. The van der Waals surface area contributed by atoms with Crippen molar-refractivity contribution in [1.82, 2.24) is 5.32 Å². The molecule has 0 atom stereocenters. The van der Waals surface area contributed by atoms with E-state index in [4.69, 9.17) is 0 Å². The fourth-order valence-corrected chi connectivity index (χ4v) is 2.88. The van der Waals surface area contributed by atoms with Crippen LogP contribution in [-0.2, 0) is 0 Å². The molecule has 0 aromatic carbocycles. The van der Waals surface area contributed by atoms with Crippen molar-refractivity contribution in [1.29, 1.82) is 0 Å². The maximum absolute atomic E-state index is 3.74. The molecule has 12 heavy (non-hydrogen) atoms. The molecule has 1 heterocycles. The van der Waals surface area contributed by atoms with Crippen LogP contribution in [0.5, 0.6) is 0 Å². The summed E-state index contributed by atoms with van der Waals surface area (Å²) in [6.07, 6.45) is 13.1. The van der Waals surface area contributed by atoms with Crippen LogP contribution in [-0.4, -0.2) is 12.1 Å². The molecule has 1 aliphatic heterocycles. The van der Waals surface area contributed by atoms with Gasteiger partial charge in [-0.3, -0.25) is 0 Å². The maximum atomic E-state index is 3.74. The van der Waals surface area contributed by atoms with E-state index >= 15 is 0 Å². The van der Waals surface area contributed by atoms with Crippen molar-refractivity contribution < 1.29 is 0 Å². The molecule has 0 bridgehead atoms. The van der Waals surface area contributed by atoms with Gasteiger partial charge in [0.05, 0.1) is 0 Å². The minimum atomic E-state index is 0.598. The Morgan fingerprint density at radius 2 is 1.25 bits per heavy atom. The van der Waals surface area contributed by atoms with E-state index in [1.807, 2.05) is 0 Å². The van der Waals surface area contributed by atoms with Crippen LogP contribution >= 0.6 is 0 Å². The summed E-state index contributed by atoms with van der Waals surface area (Å²) in [6.45, 7) is 1.28. The molecule has 1 heteroatoms. The highest BCUT2D eigenvalue weighted by atomic mass is 15.0. The van der Waals surface area contributed by atoms with Crippen LogP contribution in [0, 0.1) is 0 Å². The molecule has 70 valence electrons. The van der Waals surface area contributed by atoms with Crippen molar-refractivity contribution in [2.45, 2.75) is 63.3 Å². The molecule has 1 saturated heterocycles. The number of nitrogens with one attached hydrogen (secondary N) is 1. The van der Waals surface area contributed by atoms with Gasteiger partial charge in [-0.2, -0.15) is 0 Å². The van der Waals surface area contributed by atoms with Gasteiger partial charge in [-0.1, -0.05) is 32.1 Å². The van der Waals surface area contributed by atoms with E-state index in [9.17, 15) is 0 Å². The van der Waals surface area contributed by atoms with Gasteiger partial charge in [0.2, 0.25) is 0 Å². The molecule has 2 rings (SSSR count). The molecular weight excluding hydrogens is 146 g/mol. The van der Waals surface area contributed by atoms with E-state index in [0.717, 1.165) is 0 Å². The van der Waals surface area contributed by atoms with E-state index in [2.05, 4.69) is 5.32 Å². The first kappa shape index (κ1) is 8.55. The molecule has 0 aromatic heterocycles. The topological polar surface area (TPSA) is 12.0 Å². The molecule has 0 aromatic rings. The van der Waals surface area contributed by atoms with Crippen molar-refractivity contribution in [3.8, 4) is 0 Å². The van der Waals surface area contributed by atoms with Crippen LogP contribution in [0.25, 0.3) is 0 Å². The second-order valence-corrected chi connectivity index (χ2v) is 4.58. The van der Waals surface area contributed by atoms with Gasteiger partial charge in [0.25, 0.3) is 0 Å². The Morgan fingerprint density at radius 3 is 1.83 bits per heavy atom. The summed E-state index contributed by atoms with van der Waals surface area (Å²) in [7, 11) is 0. The van der Waals surface area contributed by atoms with Crippen LogP contribution in [0.4, 0.5) is 0 Å². The highest BCUT2D eigenvalue weighted by molar-refractivity contribution is 4.93. The van der Waals surface area contributed by atoms with Crippen LogP contribution in [0.1, 0.15) is 57.8 Å². The van der Waals surface area contributed by atoms with Gasteiger partial charge < -0.3 is 5.32 Å². The lowest BCUT2D eigenvalue weighted by Crippen LogP contribution is -2.39. The molecule has 1 aliphatic carbocycles. The normalized spacial score (nSPS) is 30.0. The molecule has 1 N–H and O–H groups in total. The van der Waals surface area contributed by atoms with Crippen LogP contribution in [0.3, 0.4) is 0 Å². The molecule has 2 fully saturated rings. The predicted molar refractivity (Wildman–Crippen MR) is 52.3 cm³/mol. The number of rotatable bonds is 0. The first-order valence-corrected chi connectivity index (χ1v) is 5.66. The summed E-state index contributed by atoms with van der Waals surface area (Å²) in [4.78, 5) is 0. The van der Waals surface area contributed by atoms with Crippen LogP contribution in [0.2, 0.25) is 0 Å². The molecule has 1 nitrogen and oxygen atoms in total. The second kappa shape index (κ2) is 3.78. The van der Waals surface area contributed by atoms with E-state index in [1.54, 1.807) is 0 Å². The number of hydrogen-bond donors (Lipinski definition) is 1. The third-order valence-electron chi connectivity index (χ3n) is 3.64. The number of hydrogen-bond acceptors (Lipinski definition) is 1. The summed E-state index contributed by atoms with van der Waals surface area (Å²) in [6, 6.07) is 0. The Balaban J connectivity index is 1.92. The van der Waals surface area contributed by atoms with Gasteiger partial charge in [0.1, 0.15) is 0 Å². The monoisotopic (exact) mass is 167 g/mol. The zero-order valence-corrected chi connectivity index (χ0v) is 8.07. The van der Waals surface area contributed by atoms with Crippen molar-refractivity contribution >= 4 is 0 Å².